The van der Waals surface area contributed by atoms with Gasteiger partial charge in [0.1, 0.15) is 0 Å². The lowest BCUT2D eigenvalue weighted by Gasteiger charge is -2.17. The highest BCUT2D eigenvalue weighted by atomic mass is 15.0. The number of para-hydroxylation sites is 3. The molecule has 2 heterocycles. The molecule has 11 aromatic carbocycles. The lowest BCUT2D eigenvalue weighted by molar-refractivity contribution is 1.18. The second kappa shape index (κ2) is 13.5. The molecule has 0 saturated carbocycles. The first kappa shape index (κ1) is 35.2. The number of hydrogen-bond donors (Lipinski definition) is 0. The van der Waals surface area contributed by atoms with Crippen molar-refractivity contribution in [1.82, 2.24) is 9.13 Å². The van der Waals surface area contributed by atoms with Gasteiger partial charge in [0.2, 0.25) is 0 Å². The van der Waals surface area contributed by atoms with E-state index in [0.29, 0.717) is 0 Å². The van der Waals surface area contributed by atoms with Crippen molar-refractivity contribution in [2.24, 2.45) is 0 Å². The van der Waals surface area contributed by atoms with Crippen LogP contribution in [0.2, 0.25) is 0 Å². The molecule has 0 fully saturated rings. The number of fused-ring (bicyclic) bond motifs is 11. The second-order valence-electron chi connectivity index (χ2n) is 17.2. The first-order valence-corrected chi connectivity index (χ1v) is 22.2. The predicted octanol–water partition coefficient (Wildman–Crippen LogP) is 16.8. The van der Waals surface area contributed by atoms with Crippen LogP contribution in [0.5, 0.6) is 0 Å². The number of benzene rings is 11. The lowest BCUT2D eigenvalue weighted by atomic mass is 9.91. The Balaban J connectivity index is 0.931. The van der Waals surface area contributed by atoms with E-state index in [1.807, 2.05) is 0 Å². The Hall–Kier alpha value is -8.46. The van der Waals surface area contributed by atoms with E-state index in [9.17, 15) is 0 Å². The SMILES string of the molecule is c1ccc(-n2c3cc(-c4ccc5c(c4)c4ccccc4n5-c4ccccc4-c4ccccc4-c4ccc5c(c4)-c4cccc6cccc-5c46)ccc3c3ccc4ccccc4c32)cc1. The number of rotatable bonds is 5. The van der Waals surface area contributed by atoms with Gasteiger partial charge in [0, 0.05) is 38.2 Å². The van der Waals surface area contributed by atoms with E-state index in [1.54, 1.807) is 0 Å². The van der Waals surface area contributed by atoms with Gasteiger partial charge in [-0.3, -0.25) is 0 Å². The predicted molar refractivity (Wildman–Crippen MR) is 271 cm³/mol. The Morgan fingerprint density at radius 3 is 1.72 bits per heavy atom. The fraction of sp³-hybridized carbons (Fsp3) is 0. The summed E-state index contributed by atoms with van der Waals surface area (Å²) in [4.78, 5) is 0. The molecule has 0 N–H and O–H groups in total. The van der Waals surface area contributed by atoms with Crippen molar-refractivity contribution in [3.63, 3.8) is 0 Å². The van der Waals surface area contributed by atoms with Crippen LogP contribution in [-0.4, -0.2) is 9.13 Å². The van der Waals surface area contributed by atoms with Crippen LogP contribution in [0.1, 0.15) is 0 Å². The minimum absolute atomic E-state index is 1.16. The smallest absolute Gasteiger partial charge is 0.0619 e. The number of aromatic nitrogens is 2. The molecule has 0 unspecified atom stereocenters. The molecule has 0 aliphatic heterocycles. The molecule has 64 heavy (non-hydrogen) atoms. The monoisotopic (exact) mass is 810 g/mol. The summed E-state index contributed by atoms with van der Waals surface area (Å²) in [5, 5.41) is 10.1. The summed E-state index contributed by atoms with van der Waals surface area (Å²) < 4.78 is 4.93. The Kier molecular flexibility index (Phi) is 7.43. The van der Waals surface area contributed by atoms with Crippen molar-refractivity contribution in [2.45, 2.75) is 0 Å². The molecule has 1 aliphatic rings. The molecule has 0 saturated heterocycles. The Morgan fingerprint density at radius 1 is 0.250 bits per heavy atom. The van der Waals surface area contributed by atoms with E-state index in [0.717, 1.165) is 11.4 Å². The molecule has 0 spiro atoms. The van der Waals surface area contributed by atoms with Gasteiger partial charge in [-0.15, -0.1) is 0 Å². The van der Waals surface area contributed by atoms with E-state index in [4.69, 9.17) is 0 Å². The van der Waals surface area contributed by atoms with Gasteiger partial charge in [0.05, 0.1) is 27.8 Å². The Bertz CT molecular complexity index is 4060. The minimum Gasteiger partial charge on any atom is -0.309 e. The zero-order valence-electron chi connectivity index (χ0n) is 34.8. The van der Waals surface area contributed by atoms with Gasteiger partial charge in [0.15, 0.2) is 0 Å². The highest BCUT2D eigenvalue weighted by Crippen LogP contribution is 2.49. The molecule has 0 radical (unpaired) electrons. The third kappa shape index (κ3) is 5.02. The zero-order valence-corrected chi connectivity index (χ0v) is 34.8. The summed E-state index contributed by atoms with van der Waals surface area (Å²) in [6, 6.07) is 85.3. The molecule has 0 amide bonds. The fourth-order valence-corrected chi connectivity index (χ4v) is 11.0. The first-order valence-electron chi connectivity index (χ1n) is 22.2. The van der Waals surface area contributed by atoms with E-state index in [1.165, 1.54) is 121 Å². The molecule has 13 aromatic rings. The van der Waals surface area contributed by atoms with Crippen LogP contribution in [0.15, 0.2) is 231 Å². The summed E-state index contributed by atoms with van der Waals surface area (Å²) in [5.74, 6) is 0. The van der Waals surface area contributed by atoms with Crippen LogP contribution >= 0.6 is 0 Å². The third-order valence-corrected chi connectivity index (χ3v) is 13.9. The fourth-order valence-electron chi connectivity index (χ4n) is 11.0. The van der Waals surface area contributed by atoms with E-state index >= 15 is 0 Å². The quantitative estimate of drug-likeness (QED) is 0.164. The standard InChI is InChI=1S/C62H38N2/c1-2-17-44(18-3-1)63-60-38-42(29-33-51(60)54-34-28-39-14-4-5-20-46(39)62(54)63)41-31-35-59-56(36-41)50-23-9-11-27-58(50)64(59)57-26-10-8-22-49(57)47-21-7-6-19-45(47)43-30-32-48-52-24-12-15-40-16-13-25-53(61(40)52)55(48)37-43/h1-38H. The normalized spacial score (nSPS) is 12.1. The van der Waals surface area contributed by atoms with Crippen molar-refractivity contribution >= 4 is 65.2 Å². The second-order valence-corrected chi connectivity index (χ2v) is 17.2. The summed E-state index contributed by atoms with van der Waals surface area (Å²) in [5.41, 5.74) is 19.6. The van der Waals surface area contributed by atoms with Gasteiger partial charge in [-0.05, 0) is 115 Å². The third-order valence-electron chi connectivity index (χ3n) is 13.9. The van der Waals surface area contributed by atoms with E-state index in [2.05, 4.69) is 240 Å². The average molecular weight is 811 g/mol. The van der Waals surface area contributed by atoms with E-state index in [-0.39, 0.29) is 0 Å². The molecule has 2 heteroatoms. The van der Waals surface area contributed by atoms with Crippen LogP contribution in [0, 0.1) is 0 Å². The van der Waals surface area contributed by atoms with Gasteiger partial charge in [0.25, 0.3) is 0 Å². The topological polar surface area (TPSA) is 9.86 Å². The van der Waals surface area contributed by atoms with Crippen molar-refractivity contribution < 1.29 is 0 Å². The molecule has 2 nitrogen and oxygen atoms in total. The van der Waals surface area contributed by atoms with Crippen LogP contribution in [0.4, 0.5) is 0 Å². The molecule has 0 bridgehead atoms. The molecule has 0 atom stereocenters. The van der Waals surface area contributed by atoms with Crippen molar-refractivity contribution in [3.8, 4) is 67.0 Å². The summed E-state index contributed by atoms with van der Waals surface area (Å²) >= 11 is 0. The molecule has 1 aliphatic carbocycles. The van der Waals surface area contributed by atoms with Gasteiger partial charge in [-0.2, -0.15) is 0 Å². The molecule has 14 rings (SSSR count). The maximum atomic E-state index is 2.47. The van der Waals surface area contributed by atoms with Crippen LogP contribution in [0.3, 0.4) is 0 Å². The van der Waals surface area contributed by atoms with Gasteiger partial charge < -0.3 is 9.13 Å². The largest absolute Gasteiger partial charge is 0.309 e. The van der Waals surface area contributed by atoms with Crippen LogP contribution < -0.4 is 0 Å². The Morgan fingerprint density at radius 2 is 0.844 bits per heavy atom. The van der Waals surface area contributed by atoms with E-state index < -0.39 is 0 Å². The van der Waals surface area contributed by atoms with Crippen LogP contribution in [-0.2, 0) is 0 Å². The molecular formula is C62H38N2. The average Bonchev–Trinajstić information content (AvgIpc) is 4.00. The number of hydrogen-bond acceptors (Lipinski definition) is 0. The van der Waals surface area contributed by atoms with Crippen molar-refractivity contribution in [3.05, 3.63) is 231 Å². The highest BCUT2D eigenvalue weighted by Gasteiger charge is 2.23. The lowest BCUT2D eigenvalue weighted by Crippen LogP contribution is -1.98. The van der Waals surface area contributed by atoms with Crippen molar-refractivity contribution in [1.29, 1.82) is 0 Å². The van der Waals surface area contributed by atoms with Crippen molar-refractivity contribution in [2.75, 3.05) is 0 Å². The minimum atomic E-state index is 1.16. The molecular weight excluding hydrogens is 773 g/mol. The maximum absolute atomic E-state index is 2.47. The Labute approximate surface area is 370 Å². The zero-order chi connectivity index (χ0) is 41.9. The summed E-state index contributed by atoms with van der Waals surface area (Å²) in [6.07, 6.45) is 0. The van der Waals surface area contributed by atoms with Gasteiger partial charge in [-0.1, -0.05) is 182 Å². The first-order chi connectivity index (χ1) is 31.8. The number of nitrogens with zero attached hydrogens (tertiary/aromatic N) is 2. The summed E-state index contributed by atoms with van der Waals surface area (Å²) in [6.45, 7) is 0. The summed E-state index contributed by atoms with van der Waals surface area (Å²) in [7, 11) is 0. The van der Waals surface area contributed by atoms with Gasteiger partial charge >= 0.3 is 0 Å². The molecule has 2 aromatic heterocycles. The van der Waals surface area contributed by atoms with Crippen LogP contribution in [0.25, 0.3) is 132 Å². The van der Waals surface area contributed by atoms with Gasteiger partial charge in [-0.25, -0.2) is 0 Å². The maximum Gasteiger partial charge on any atom is 0.0619 e. The molecule has 296 valence electrons. The highest BCUT2D eigenvalue weighted by molar-refractivity contribution is 6.20.